The molecule has 8 heteroatoms. The van der Waals surface area contributed by atoms with Crippen LogP contribution in [-0.4, -0.2) is 0 Å². The van der Waals surface area contributed by atoms with Gasteiger partial charge in [0.2, 0.25) is 0 Å². The van der Waals surface area contributed by atoms with Crippen LogP contribution in [0.15, 0.2) is 200 Å². The molecule has 0 heterocycles. The van der Waals surface area contributed by atoms with Crippen LogP contribution in [-0.2, 0) is 0 Å². The Balaban J connectivity index is 0.000000197. The molecular weight excluding hydrogens is 1200 g/mol. The van der Waals surface area contributed by atoms with Crippen LogP contribution in [0.3, 0.4) is 0 Å². The van der Waals surface area contributed by atoms with Gasteiger partial charge in [0.15, 0.2) is 0 Å². The summed E-state index contributed by atoms with van der Waals surface area (Å²) >= 11 is 0. The van der Waals surface area contributed by atoms with E-state index in [1.54, 1.807) is 0 Å². The molecule has 0 N–H and O–H groups in total. The molecule has 0 aromatic heterocycles. The molecule has 12 aromatic carbocycles. The van der Waals surface area contributed by atoms with Gasteiger partial charge in [-0.2, -0.15) is 0 Å². The molecule has 0 fully saturated rings. The molecule has 0 aliphatic rings. The Morgan fingerprint density at radius 2 is 0.347 bits per heavy atom. The predicted octanol–water partition coefficient (Wildman–Crippen LogP) is 27.9. The summed E-state index contributed by atoms with van der Waals surface area (Å²) in [6.45, 7) is 40.0. The lowest BCUT2D eigenvalue weighted by atomic mass is 9.94. The van der Waals surface area contributed by atoms with Crippen molar-refractivity contribution in [1.29, 1.82) is 0 Å². The fourth-order valence-corrected chi connectivity index (χ4v) is 14.6. The summed E-state index contributed by atoms with van der Waals surface area (Å²) in [6.07, 6.45) is 0. The topological polar surface area (TPSA) is 55.4 Å². The van der Waals surface area contributed by atoms with Gasteiger partial charge in [-0.05, 0) is 241 Å². The average Bonchev–Trinajstić information content (AvgIpc) is 0.836. The van der Waals surface area contributed by atoms with Crippen LogP contribution < -0.4 is 27.1 Å². The van der Waals surface area contributed by atoms with Crippen molar-refractivity contribution in [2.24, 2.45) is 0 Å². The maximum absolute atomic E-state index is 7.02. The van der Waals surface area contributed by atoms with E-state index in [9.17, 15) is 0 Å². The molecule has 0 bridgehead atoms. The number of rotatable bonds is 21. The third kappa shape index (κ3) is 15.7. The predicted molar refractivity (Wildman–Crippen MR) is 408 cm³/mol. The van der Waals surface area contributed by atoms with Crippen LogP contribution in [0.5, 0.6) is 34.5 Å². The summed E-state index contributed by atoms with van der Waals surface area (Å²) in [5, 5.41) is 14.0. The van der Waals surface area contributed by atoms with Gasteiger partial charge >= 0.3 is 17.2 Å². The number of hydrogen-bond acceptors (Lipinski definition) is 6. The lowest BCUT2D eigenvalue weighted by Crippen LogP contribution is -2.08. The highest BCUT2D eigenvalue weighted by molar-refractivity contribution is 7.43. The minimum absolute atomic E-state index is 0.239. The second kappa shape index (κ2) is 29.5. The summed E-state index contributed by atoms with van der Waals surface area (Å²) < 4.78 is 41.6. The minimum Gasteiger partial charge on any atom is -0.408 e. The van der Waals surface area contributed by atoms with Crippen molar-refractivity contribution >= 4 is 81.8 Å². The van der Waals surface area contributed by atoms with Gasteiger partial charge in [-0.3, -0.25) is 0 Å². The van der Waals surface area contributed by atoms with Gasteiger partial charge in [0, 0.05) is 0 Å². The molecule has 95 heavy (non-hydrogen) atoms. The van der Waals surface area contributed by atoms with Crippen molar-refractivity contribution < 1.29 is 27.1 Å². The van der Waals surface area contributed by atoms with Gasteiger partial charge in [0.05, 0.1) is 0 Å². The van der Waals surface area contributed by atoms with Crippen molar-refractivity contribution in [2.75, 3.05) is 0 Å². The molecular formula is C87H96O6P2. The smallest absolute Gasteiger partial charge is 0.408 e. The molecule has 6 nitrogen and oxygen atoms in total. The molecule has 0 atom stereocenters. The molecule has 0 aliphatic carbocycles. The molecule has 0 unspecified atom stereocenters. The lowest BCUT2D eigenvalue weighted by Gasteiger charge is -2.25. The van der Waals surface area contributed by atoms with Crippen LogP contribution in [0, 0.1) is 0 Å². The van der Waals surface area contributed by atoms with E-state index >= 15 is 0 Å². The maximum Gasteiger partial charge on any atom is 0.530 e. The Morgan fingerprint density at radius 1 is 0.179 bits per heavy atom. The third-order valence-electron chi connectivity index (χ3n) is 18.4. The Morgan fingerprint density at radius 3 is 0.526 bits per heavy atom. The Kier molecular flexibility index (Phi) is 21.2. The number of hydrogen-bond donors (Lipinski definition) is 0. The van der Waals surface area contributed by atoms with E-state index in [1.165, 1.54) is 49.0 Å². The molecule has 0 saturated heterocycles. The van der Waals surface area contributed by atoms with Gasteiger partial charge in [0.1, 0.15) is 34.5 Å². The van der Waals surface area contributed by atoms with E-state index in [4.69, 9.17) is 27.1 Å². The second-order valence-electron chi connectivity index (χ2n) is 28.6. The van der Waals surface area contributed by atoms with Crippen molar-refractivity contribution in [3.63, 3.8) is 0 Å². The second-order valence-corrected chi connectivity index (χ2v) is 30.6. The molecule has 12 rings (SSSR count). The van der Waals surface area contributed by atoms with Crippen LogP contribution in [0.4, 0.5) is 0 Å². The molecule has 0 amide bonds. The maximum atomic E-state index is 7.02. The van der Waals surface area contributed by atoms with Gasteiger partial charge in [-0.15, -0.1) is 0 Å². The average molecular weight is 1300 g/mol. The summed E-state index contributed by atoms with van der Waals surface area (Å²) in [7, 11) is -3.81. The first-order valence-corrected chi connectivity index (χ1v) is 36.6. The highest BCUT2D eigenvalue weighted by atomic mass is 31.2. The fourth-order valence-electron chi connectivity index (χ4n) is 12.5. The normalized spacial score (nSPS) is 12.1. The molecule has 0 radical (unpaired) electrons. The van der Waals surface area contributed by atoms with E-state index < -0.39 is 17.2 Å². The highest BCUT2D eigenvalue weighted by Crippen LogP contribution is 2.52. The van der Waals surface area contributed by atoms with E-state index in [0.29, 0.717) is 17.8 Å². The molecule has 0 saturated carbocycles. The van der Waals surface area contributed by atoms with E-state index in [-0.39, 0.29) is 35.5 Å². The van der Waals surface area contributed by atoms with Gasteiger partial charge in [-0.25, -0.2) is 0 Å². The van der Waals surface area contributed by atoms with Crippen LogP contribution in [0.1, 0.15) is 228 Å². The monoisotopic (exact) mass is 1300 g/mol. The summed E-state index contributed by atoms with van der Waals surface area (Å²) in [4.78, 5) is 0. The molecule has 12 aromatic rings. The zero-order valence-electron chi connectivity index (χ0n) is 59.1. The number of benzene rings is 12. The lowest BCUT2D eigenvalue weighted by molar-refractivity contribution is 0.380. The molecule has 0 aliphatic heterocycles. The van der Waals surface area contributed by atoms with Crippen LogP contribution >= 0.6 is 17.2 Å². The Hall–Kier alpha value is -8.14. The first kappa shape index (κ1) is 68.3. The number of fused-ring (bicyclic) bond motifs is 6. The fraction of sp³-hybridized carbons (Fsp3) is 0.310. The third-order valence-corrected chi connectivity index (χ3v) is 20.5. The van der Waals surface area contributed by atoms with E-state index in [1.807, 2.05) is 0 Å². The zero-order chi connectivity index (χ0) is 67.5. The standard InChI is InChI=1S/C48H57O3P.C39H39O3P/c1-28(2)34-13-16-37-25-46(43(31(7)8)22-40(37)19-34)49-52(50-47-26-38-17-14-35(29(3)4)20-41(38)23-44(47)32(9)10)51-48-27-39-18-15-36(30(5)6)21-42(39)24-45(48)33(11)12;1-25(2)34-19-28-13-7-10-16-31(28)22-37(34)40-43(41-38-23-32-17-11-8-14-29(32)20-35(38)26(3)4)42-39-24-33-18-12-9-15-30(33)21-36(39)27(5)6/h13-33H,1-12H3;7-27H,1-6H3. The van der Waals surface area contributed by atoms with Gasteiger partial charge in [0.25, 0.3) is 0 Å². The van der Waals surface area contributed by atoms with Crippen molar-refractivity contribution in [3.8, 4) is 34.5 Å². The minimum atomic E-state index is -1.93. The van der Waals surface area contributed by atoms with Crippen LogP contribution in [0.2, 0.25) is 0 Å². The summed E-state index contributed by atoms with van der Waals surface area (Å²) in [5.74, 6) is 7.64. The Bertz CT molecular complexity index is 4240. The van der Waals surface area contributed by atoms with Crippen LogP contribution in [0.25, 0.3) is 64.6 Å². The van der Waals surface area contributed by atoms with E-state index in [2.05, 4.69) is 325 Å². The molecule has 0 spiro atoms. The Labute approximate surface area is 568 Å². The first-order valence-electron chi connectivity index (χ1n) is 34.4. The first-order chi connectivity index (χ1) is 45.4. The van der Waals surface area contributed by atoms with Crippen molar-refractivity contribution in [1.82, 2.24) is 0 Å². The quantitative estimate of drug-likeness (QED) is 0.0668. The van der Waals surface area contributed by atoms with Gasteiger partial charge < -0.3 is 27.1 Å². The van der Waals surface area contributed by atoms with E-state index in [0.717, 1.165) is 100 Å². The summed E-state index contributed by atoms with van der Waals surface area (Å²) in [5.41, 5.74) is 10.8. The largest absolute Gasteiger partial charge is 0.530 e. The zero-order valence-corrected chi connectivity index (χ0v) is 60.9. The highest BCUT2D eigenvalue weighted by Gasteiger charge is 2.30. The SMILES string of the molecule is CC(C)c1cc2ccccc2cc1OP(Oc1cc2ccccc2cc1C(C)C)Oc1cc2ccccc2cc1C(C)C.CC(C)c1ccc2cc(OP(Oc3cc4ccc(C(C)C)cc4cc3C(C)C)Oc3cc4ccc(C(C)C)cc4cc3C(C)C)c(C(C)C)cc2c1. The molecule has 490 valence electrons. The van der Waals surface area contributed by atoms with Gasteiger partial charge in [-0.1, -0.05) is 252 Å². The summed E-state index contributed by atoms with van der Waals surface area (Å²) in [6, 6.07) is 71.9. The van der Waals surface area contributed by atoms with Crippen molar-refractivity contribution in [2.45, 2.75) is 178 Å². The van der Waals surface area contributed by atoms with Crippen molar-refractivity contribution in [3.05, 3.63) is 250 Å².